The second-order valence-electron chi connectivity index (χ2n) is 10.9. The van der Waals surface area contributed by atoms with E-state index in [2.05, 4.69) is 16.0 Å². The third-order valence-corrected chi connectivity index (χ3v) is 7.84. The zero-order valence-corrected chi connectivity index (χ0v) is 24.0. The van der Waals surface area contributed by atoms with Crippen molar-refractivity contribution in [2.24, 2.45) is 5.41 Å². The number of ether oxygens (including phenoxy) is 2. The van der Waals surface area contributed by atoms with Gasteiger partial charge in [-0.1, -0.05) is 24.3 Å². The van der Waals surface area contributed by atoms with Crippen molar-refractivity contribution in [3.8, 4) is 29.3 Å². The summed E-state index contributed by atoms with van der Waals surface area (Å²) in [5.74, 6) is -1.99. The van der Waals surface area contributed by atoms with Crippen LogP contribution in [0.3, 0.4) is 0 Å². The van der Waals surface area contributed by atoms with E-state index in [1.54, 1.807) is 34.9 Å². The Hall–Kier alpha value is -5.68. The molecule has 0 spiro atoms. The lowest BCUT2D eigenvalue weighted by molar-refractivity contribution is 0.0600. The lowest BCUT2D eigenvalue weighted by atomic mass is 10.0. The molecule has 0 radical (unpaired) electrons. The van der Waals surface area contributed by atoms with Crippen molar-refractivity contribution >= 4 is 17.0 Å². The van der Waals surface area contributed by atoms with E-state index < -0.39 is 28.8 Å². The van der Waals surface area contributed by atoms with E-state index in [1.165, 1.54) is 31.4 Å². The predicted molar refractivity (Wildman–Crippen MR) is 156 cm³/mol. The van der Waals surface area contributed by atoms with Crippen LogP contribution in [0.25, 0.3) is 22.3 Å². The number of halogens is 3. The third-order valence-electron chi connectivity index (χ3n) is 7.84. The number of methoxy groups -OCH3 is 1. The summed E-state index contributed by atoms with van der Waals surface area (Å²) in [5, 5.41) is 18.7. The van der Waals surface area contributed by atoms with E-state index in [9.17, 15) is 14.4 Å². The molecular weight excluding hydrogens is 583 g/mol. The second kappa shape index (κ2) is 11.8. The molecule has 1 aliphatic carbocycles. The van der Waals surface area contributed by atoms with Gasteiger partial charge in [0.05, 0.1) is 47.0 Å². The normalized spacial score (nSPS) is 13.2. The highest BCUT2D eigenvalue weighted by Crippen LogP contribution is 2.47. The van der Waals surface area contributed by atoms with Crippen molar-refractivity contribution in [1.82, 2.24) is 14.5 Å². The van der Waals surface area contributed by atoms with Crippen molar-refractivity contribution in [1.29, 1.82) is 10.5 Å². The highest BCUT2D eigenvalue weighted by atomic mass is 19.1. The number of rotatable bonds is 9. The molecule has 2 heterocycles. The Bertz CT molecular complexity index is 2060. The Morgan fingerprint density at radius 2 is 1.73 bits per heavy atom. The molecule has 3 aromatic carbocycles. The van der Waals surface area contributed by atoms with Gasteiger partial charge in [0.15, 0.2) is 5.82 Å². The van der Waals surface area contributed by atoms with E-state index >= 15 is 8.78 Å². The first kappa shape index (κ1) is 29.4. The largest absolute Gasteiger partial charge is 0.473 e. The lowest BCUT2D eigenvalue weighted by Gasteiger charge is -2.13. The summed E-state index contributed by atoms with van der Waals surface area (Å²) < 4.78 is 57.0. The smallest absolute Gasteiger partial charge is 0.338 e. The van der Waals surface area contributed by atoms with E-state index in [0.717, 1.165) is 12.1 Å². The fourth-order valence-electron chi connectivity index (χ4n) is 5.10. The molecule has 1 fully saturated rings. The van der Waals surface area contributed by atoms with Crippen molar-refractivity contribution < 1.29 is 27.4 Å². The molecule has 0 N–H and O–H groups in total. The Balaban J connectivity index is 1.27. The van der Waals surface area contributed by atoms with Gasteiger partial charge in [0.1, 0.15) is 29.6 Å². The summed E-state index contributed by atoms with van der Waals surface area (Å²) in [4.78, 5) is 21.1. The van der Waals surface area contributed by atoms with Gasteiger partial charge in [-0.3, -0.25) is 0 Å². The van der Waals surface area contributed by atoms with Gasteiger partial charge in [-0.25, -0.2) is 27.9 Å². The molecule has 1 saturated carbocycles. The topological polar surface area (TPSA) is 114 Å². The Kier molecular flexibility index (Phi) is 7.69. The number of nitrogens with zero attached hydrogens (tertiary/aromatic N) is 5. The molecule has 11 heteroatoms. The van der Waals surface area contributed by atoms with Crippen LogP contribution in [-0.4, -0.2) is 27.6 Å². The summed E-state index contributed by atoms with van der Waals surface area (Å²) in [6.07, 6.45) is 1.34. The van der Waals surface area contributed by atoms with E-state index in [-0.39, 0.29) is 53.2 Å². The average Bonchev–Trinajstić information content (AvgIpc) is 3.75. The number of nitriles is 2. The van der Waals surface area contributed by atoms with Crippen LogP contribution < -0.4 is 4.74 Å². The zero-order valence-electron chi connectivity index (χ0n) is 24.0. The summed E-state index contributed by atoms with van der Waals surface area (Å²) in [6.45, 7) is 0.110. The van der Waals surface area contributed by atoms with Crippen molar-refractivity contribution in [2.45, 2.75) is 32.4 Å². The molecular formula is C34H24F3N5O3. The molecule has 45 heavy (non-hydrogen) atoms. The van der Waals surface area contributed by atoms with Gasteiger partial charge >= 0.3 is 5.97 Å². The van der Waals surface area contributed by atoms with Gasteiger partial charge in [0.2, 0.25) is 5.88 Å². The fourth-order valence-corrected chi connectivity index (χ4v) is 5.10. The number of esters is 1. The maximum atomic E-state index is 15.5. The number of hydrogen-bond acceptors (Lipinski definition) is 7. The first-order valence-electron chi connectivity index (χ1n) is 14.0. The fraction of sp³-hybridized carbons (Fsp3) is 0.206. The summed E-state index contributed by atoms with van der Waals surface area (Å²) in [7, 11) is 1.20. The van der Waals surface area contributed by atoms with E-state index in [4.69, 9.17) is 14.7 Å². The molecule has 6 rings (SSSR count). The Labute approximate surface area is 255 Å². The summed E-state index contributed by atoms with van der Waals surface area (Å²) >= 11 is 0. The van der Waals surface area contributed by atoms with Gasteiger partial charge in [-0.2, -0.15) is 10.5 Å². The maximum Gasteiger partial charge on any atom is 0.338 e. The Morgan fingerprint density at radius 1 is 0.956 bits per heavy atom. The van der Waals surface area contributed by atoms with Crippen LogP contribution in [0.1, 0.15) is 45.7 Å². The van der Waals surface area contributed by atoms with Crippen LogP contribution in [-0.2, 0) is 24.3 Å². The summed E-state index contributed by atoms with van der Waals surface area (Å²) in [6, 6.07) is 20.4. The number of fused-ring (bicyclic) bond motifs is 1. The quantitative estimate of drug-likeness (QED) is 0.173. The molecule has 0 atom stereocenters. The maximum absolute atomic E-state index is 15.5. The molecule has 5 aromatic rings. The molecule has 0 amide bonds. The number of benzene rings is 3. The van der Waals surface area contributed by atoms with Crippen molar-refractivity contribution in [3.63, 3.8) is 0 Å². The highest BCUT2D eigenvalue weighted by molar-refractivity contribution is 5.94. The van der Waals surface area contributed by atoms with E-state index in [1.807, 2.05) is 6.07 Å². The molecule has 2 aromatic heterocycles. The number of imidazole rings is 1. The van der Waals surface area contributed by atoms with Crippen LogP contribution in [0.15, 0.2) is 66.7 Å². The van der Waals surface area contributed by atoms with Crippen molar-refractivity contribution in [2.75, 3.05) is 7.11 Å². The lowest BCUT2D eigenvalue weighted by Crippen LogP contribution is -2.14. The minimum atomic E-state index is -0.722. The van der Waals surface area contributed by atoms with Crippen molar-refractivity contribution in [3.05, 3.63) is 112 Å². The summed E-state index contributed by atoms with van der Waals surface area (Å²) in [5.41, 5.74) is 1.36. The molecule has 0 bridgehead atoms. The SMILES string of the molecule is COC(=O)c1cc(F)c2nc(Cc3ccc(-c4cccc(OCc5ccc(C#N)cc5F)n4)cc3F)n(CC3(C#N)CC3)c2c1. The standard InChI is InChI=1S/C34H24F3N5O3/c1-44-33(43)24-13-27(37)32-29(14-24)42(19-34(18-39)9-10-34)30(41-32)15-21-7-8-22(12-26(21)36)28-3-2-4-31(40-28)45-17-23-6-5-20(16-38)11-25(23)35/h2-8,11-14H,9-10,15,17,19H2,1H3. The van der Waals surface area contributed by atoms with Crippen LogP contribution in [0.2, 0.25) is 0 Å². The molecule has 1 aliphatic rings. The number of pyridine rings is 1. The average molecular weight is 608 g/mol. The number of aromatic nitrogens is 3. The number of carbonyl (C=O) groups is 1. The predicted octanol–water partition coefficient (Wildman–Crippen LogP) is 6.65. The monoisotopic (exact) mass is 607 g/mol. The van der Waals surface area contributed by atoms with Gasteiger partial charge in [-0.05, 0) is 54.8 Å². The Morgan fingerprint density at radius 3 is 2.42 bits per heavy atom. The van der Waals surface area contributed by atoms with Gasteiger partial charge in [-0.15, -0.1) is 0 Å². The molecule has 224 valence electrons. The minimum Gasteiger partial charge on any atom is -0.473 e. The van der Waals surface area contributed by atoms with Crippen LogP contribution in [0.5, 0.6) is 5.88 Å². The zero-order chi connectivity index (χ0) is 31.7. The van der Waals surface area contributed by atoms with Crippen LogP contribution >= 0.6 is 0 Å². The molecule has 0 aliphatic heterocycles. The third kappa shape index (κ3) is 5.93. The van der Waals surface area contributed by atoms with Gasteiger partial charge < -0.3 is 14.0 Å². The molecule has 0 unspecified atom stereocenters. The number of hydrogen-bond donors (Lipinski definition) is 0. The van der Waals surface area contributed by atoms with Crippen LogP contribution in [0, 0.1) is 45.5 Å². The molecule has 0 saturated heterocycles. The molecule has 8 nitrogen and oxygen atoms in total. The first-order valence-corrected chi connectivity index (χ1v) is 14.0. The first-order chi connectivity index (χ1) is 21.7. The van der Waals surface area contributed by atoms with Gasteiger partial charge in [0.25, 0.3) is 0 Å². The number of carbonyl (C=O) groups excluding carboxylic acids is 1. The van der Waals surface area contributed by atoms with Crippen LogP contribution in [0.4, 0.5) is 13.2 Å². The van der Waals surface area contributed by atoms with E-state index in [0.29, 0.717) is 35.4 Å². The highest BCUT2D eigenvalue weighted by Gasteiger charge is 2.44. The van der Waals surface area contributed by atoms with Gasteiger partial charge in [0, 0.05) is 30.2 Å². The minimum absolute atomic E-state index is 0.00202. The second-order valence-corrected chi connectivity index (χ2v) is 10.9.